The molecule has 0 heterocycles. The monoisotopic (exact) mass is 286 g/mol. The summed E-state index contributed by atoms with van der Waals surface area (Å²) in [5, 5.41) is 32.7. The van der Waals surface area contributed by atoms with Crippen molar-refractivity contribution in [2.45, 2.75) is 51.8 Å². The quantitative estimate of drug-likeness (QED) is 0.458. The van der Waals surface area contributed by atoms with Crippen LogP contribution in [-0.4, -0.2) is 37.9 Å². The van der Waals surface area contributed by atoms with Crippen LogP contribution in [0.4, 0.5) is 0 Å². The van der Waals surface area contributed by atoms with E-state index in [1.807, 2.05) is 0 Å². The third kappa shape index (κ3) is 2.20. The van der Waals surface area contributed by atoms with E-state index in [0.29, 0.717) is 0 Å². The number of hydrogen-bond donors (Lipinski definition) is 1. The molecular formula is C12H18N2O6. The molecule has 0 spiro atoms. The molecule has 1 N–H and O–H groups in total. The lowest BCUT2D eigenvalue weighted by molar-refractivity contribution is -0.552. The van der Waals surface area contributed by atoms with Crippen LogP contribution in [-0.2, 0) is 4.79 Å². The Morgan fingerprint density at radius 1 is 1.25 bits per heavy atom. The lowest BCUT2D eigenvalue weighted by atomic mass is 9.66. The fraction of sp³-hybridized carbons (Fsp3) is 0.750. The van der Waals surface area contributed by atoms with E-state index >= 15 is 0 Å². The van der Waals surface area contributed by atoms with Gasteiger partial charge < -0.3 is 5.11 Å². The fourth-order valence-electron chi connectivity index (χ4n) is 2.47. The van der Waals surface area contributed by atoms with Gasteiger partial charge in [0.2, 0.25) is 0 Å². The second-order valence-electron chi connectivity index (χ2n) is 6.42. The number of nitro groups is 2. The summed E-state index contributed by atoms with van der Waals surface area (Å²) in [4.78, 5) is 33.0. The highest BCUT2D eigenvalue weighted by molar-refractivity contribution is 5.98. The van der Waals surface area contributed by atoms with Gasteiger partial charge in [-0.3, -0.25) is 25.0 Å². The molecule has 1 rings (SSSR count). The van der Waals surface area contributed by atoms with Crippen LogP contribution < -0.4 is 0 Å². The summed E-state index contributed by atoms with van der Waals surface area (Å²) in [7, 11) is 0. The molecule has 112 valence electrons. The fourth-order valence-corrected chi connectivity index (χ4v) is 2.47. The van der Waals surface area contributed by atoms with Crippen molar-refractivity contribution >= 4 is 5.78 Å². The van der Waals surface area contributed by atoms with Gasteiger partial charge in [-0.05, 0) is 12.3 Å². The maximum Gasteiger partial charge on any atom is 0.298 e. The van der Waals surface area contributed by atoms with Crippen molar-refractivity contribution in [3.63, 3.8) is 0 Å². The first-order valence-electron chi connectivity index (χ1n) is 6.04. The molecule has 1 aliphatic carbocycles. The Morgan fingerprint density at radius 3 is 2.00 bits per heavy atom. The molecule has 20 heavy (non-hydrogen) atoms. The van der Waals surface area contributed by atoms with Crippen molar-refractivity contribution in [2.75, 3.05) is 0 Å². The van der Waals surface area contributed by atoms with Crippen molar-refractivity contribution in [2.24, 2.45) is 5.41 Å². The Labute approximate surface area is 115 Å². The number of ketones is 1. The average molecular weight is 286 g/mol. The first kappa shape index (κ1) is 16.2. The summed E-state index contributed by atoms with van der Waals surface area (Å²) in [5.74, 6) is -1.18. The van der Waals surface area contributed by atoms with Crippen LogP contribution in [0.1, 0.15) is 34.6 Å². The minimum absolute atomic E-state index is 0.0753. The second kappa shape index (κ2) is 4.34. The largest absolute Gasteiger partial charge is 0.375 e. The highest BCUT2D eigenvalue weighted by Gasteiger charge is 2.65. The molecule has 8 heteroatoms. The number of rotatable bonds is 2. The lowest BCUT2D eigenvalue weighted by Crippen LogP contribution is -2.65. The molecule has 0 aromatic carbocycles. The normalized spacial score (nSPS) is 34.6. The summed E-state index contributed by atoms with van der Waals surface area (Å²) >= 11 is 0. The molecule has 0 amide bonds. The van der Waals surface area contributed by atoms with Gasteiger partial charge in [0, 0.05) is 28.4 Å². The molecule has 1 aliphatic rings. The summed E-state index contributed by atoms with van der Waals surface area (Å²) in [6, 6.07) is -1.69. The van der Waals surface area contributed by atoms with Gasteiger partial charge >= 0.3 is 0 Å². The number of carbonyl (C=O) groups excluding carboxylic acids is 1. The van der Waals surface area contributed by atoms with E-state index in [4.69, 9.17) is 0 Å². The molecule has 0 aromatic rings. The van der Waals surface area contributed by atoms with Gasteiger partial charge in [-0.2, -0.15) is 0 Å². The van der Waals surface area contributed by atoms with Crippen LogP contribution in [0.15, 0.2) is 11.6 Å². The first-order chi connectivity index (χ1) is 8.76. The van der Waals surface area contributed by atoms with Crippen LogP contribution in [0.5, 0.6) is 0 Å². The maximum absolute atomic E-state index is 12.2. The van der Waals surface area contributed by atoms with E-state index in [1.54, 1.807) is 20.8 Å². The highest BCUT2D eigenvalue weighted by Crippen LogP contribution is 2.42. The van der Waals surface area contributed by atoms with Gasteiger partial charge in [-0.1, -0.05) is 20.8 Å². The summed E-state index contributed by atoms with van der Waals surface area (Å²) in [6.07, 6.45) is 1.01. The predicted octanol–water partition coefficient (Wildman–Crippen LogP) is 0.973. The molecule has 0 aromatic heterocycles. The van der Waals surface area contributed by atoms with Crippen LogP contribution >= 0.6 is 0 Å². The summed E-state index contributed by atoms with van der Waals surface area (Å²) in [5.41, 5.74) is -5.31. The number of nitrogens with zero attached hydrogens (tertiary/aromatic N) is 2. The van der Waals surface area contributed by atoms with Crippen LogP contribution in [0.25, 0.3) is 0 Å². The third-order valence-corrected chi connectivity index (χ3v) is 3.64. The number of hydrogen-bond acceptors (Lipinski definition) is 6. The van der Waals surface area contributed by atoms with Crippen LogP contribution in [0, 0.1) is 25.6 Å². The minimum atomic E-state index is -2.43. The molecule has 0 radical (unpaired) electrons. The lowest BCUT2D eigenvalue weighted by Gasteiger charge is -2.39. The molecule has 0 unspecified atom stereocenters. The zero-order valence-corrected chi connectivity index (χ0v) is 12.0. The van der Waals surface area contributed by atoms with Gasteiger partial charge in [0.1, 0.15) is 0 Å². The average Bonchev–Trinajstić information content (AvgIpc) is 2.22. The number of carbonyl (C=O) groups is 1. The van der Waals surface area contributed by atoms with Crippen molar-refractivity contribution in [3.05, 3.63) is 31.9 Å². The van der Waals surface area contributed by atoms with Crippen LogP contribution in [0.2, 0.25) is 0 Å². The van der Waals surface area contributed by atoms with E-state index in [2.05, 4.69) is 0 Å². The molecule has 0 fully saturated rings. The molecule has 0 aliphatic heterocycles. The Kier molecular flexibility index (Phi) is 3.52. The smallest absolute Gasteiger partial charge is 0.298 e. The molecule has 0 saturated heterocycles. The van der Waals surface area contributed by atoms with Crippen molar-refractivity contribution in [1.29, 1.82) is 0 Å². The Balaban J connectivity index is 3.70. The van der Waals surface area contributed by atoms with E-state index in [9.17, 15) is 30.1 Å². The van der Waals surface area contributed by atoms with Gasteiger partial charge in [0.05, 0.1) is 0 Å². The number of aliphatic hydroxyl groups is 1. The van der Waals surface area contributed by atoms with Gasteiger partial charge in [-0.25, -0.2) is 0 Å². The molecule has 0 saturated carbocycles. The second-order valence-corrected chi connectivity index (χ2v) is 6.42. The van der Waals surface area contributed by atoms with Crippen molar-refractivity contribution in [1.82, 2.24) is 0 Å². The number of Topliss-reactive ketones (excluding diaryl/α,β-unsaturated/α-hetero) is 1. The van der Waals surface area contributed by atoms with E-state index < -0.39 is 38.2 Å². The third-order valence-electron chi connectivity index (χ3n) is 3.64. The van der Waals surface area contributed by atoms with E-state index in [-0.39, 0.29) is 5.57 Å². The predicted molar refractivity (Wildman–Crippen MR) is 69.4 cm³/mol. The molecular weight excluding hydrogens is 268 g/mol. The molecule has 3 atom stereocenters. The van der Waals surface area contributed by atoms with Gasteiger partial charge in [0.15, 0.2) is 5.60 Å². The van der Waals surface area contributed by atoms with E-state index in [0.717, 1.165) is 19.9 Å². The highest BCUT2D eigenvalue weighted by atomic mass is 16.6. The Hall–Kier alpha value is -1.83. The zero-order valence-electron chi connectivity index (χ0n) is 12.0. The van der Waals surface area contributed by atoms with Gasteiger partial charge in [-0.15, -0.1) is 0 Å². The summed E-state index contributed by atoms with van der Waals surface area (Å²) in [6.45, 7) is 6.93. The van der Waals surface area contributed by atoms with Crippen molar-refractivity contribution in [3.8, 4) is 0 Å². The minimum Gasteiger partial charge on any atom is -0.375 e. The molecule has 0 bridgehead atoms. The first-order valence-corrected chi connectivity index (χ1v) is 6.04. The maximum atomic E-state index is 12.2. The topological polar surface area (TPSA) is 124 Å². The molecule has 8 nitrogen and oxygen atoms in total. The van der Waals surface area contributed by atoms with Crippen molar-refractivity contribution < 1.29 is 19.7 Å². The van der Waals surface area contributed by atoms with Crippen LogP contribution in [0.3, 0.4) is 0 Å². The SMILES string of the molecule is CC(C)(C)C1=C[C@@](C)([N+](=O)[O-])C(=O)[C@@](C)(O)[C@H]1[N+](=O)[O-]. The van der Waals surface area contributed by atoms with E-state index in [1.165, 1.54) is 0 Å². The van der Waals surface area contributed by atoms with Gasteiger partial charge in [0.25, 0.3) is 17.4 Å². The summed E-state index contributed by atoms with van der Waals surface area (Å²) < 4.78 is 0. The standard InChI is InChI=1S/C12H18N2O6/c1-10(2,3)7-6-11(4,14(19)20)9(15)12(5,16)8(7)13(17)18/h6,8,16H,1-5H3/t8-,11+,12-/m0/s1. The zero-order chi connectivity index (χ0) is 16.1. The Morgan fingerprint density at radius 2 is 1.70 bits per heavy atom. The Bertz CT molecular complexity index is 517.